The molecule has 2 aromatic carbocycles. The van der Waals surface area contributed by atoms with Gasteiger partial charge in [0.05, 0.1) is 11.4 Å². The number of aromatic carboxylic acids is 1. The summed E-state index contributed by atoms with van der Waals surface area (Å²) < 4.78 is 1.76. The first-order valence-corrected chi connectivity index (χ1v) is 7.17. The molecule has 1 N–H and O–H groups in total. The van der Waals surface area contributed by atoms with Crippen LogP contribution in [0, 0.1) is 0 Å². The van der Waals surface area contributed by atoms with Crippen LogP contribution in [-0.2, 0) is 7.05 Å². The number of hydrogen-bond acceptors (Lipinski definition) is 2. The maximum atomic E-state index is 12.4. The molecule has 4 nitrogen and oxygen atoms in total. The SMILES string of the molecule is Cn1c(-c2ccccc2)cc(=O)c(C(=O)O)c1-c1ccccc1. The number of benzene rings is 2. The first-order valence-electron chi connectivity index (χ1n) is 7.17. The smallest absolute Gasteiger partial charge is 0.341 e. The van der Waals surface area contributed by atoms with Crippen LogP contribution in [0.3, 0.4) is 0 Å². The predicted molar refractivity (Wildman–Crippen MR) is 89.5 cm³/mol. The molecule has 23 heavy (non-hydrogen) atoms. The van der Waals surface area contributed by atoms with Gasteiger partial charge in [0.25, 0.3) is 0 Å². The largest absolute Gasteiger partial charge is 0.477 e. The lowest BCUT2D eigenvalue weighted by atomic mass is 10.0. The summed E-state index contributed by atoms with van der Waals surface area (Å²) >= 11 is 0. The molecule has 0 saturated heterocycles. The van der Waals surface area contributed by atoms with Gasteiger partial charge in [-0.25, -0.2) is 4.79 Å². The third-order valence-electron chi connectivity index (χ3n) is 3.78. The van der Waals surface area contributed by atoms with Crippen molar-refractivity contribution < 1.29 is 9.90 Å². The summed E-state index contributed by atoms with van der Waals surface area (Å²) in [5, 5.41) is 9.48. The van der Waals surface area contributed by atoms with Gasteiger partial charge in [-0.2, -0.15) is 0 Å². The van der Waals surface area contributed by atoms with Crippen molar-refractivity contribution in [3.05, 3.63) is 82.5 Å². The van der Waals surface area contributed by atoms with E-state index in [1.54, 1.807) is 23.7 Å². The summed E-state index contributed by atoms with van der Waals surface area (Å²) in [6, 6.07) is 19.9. The molecule has 4 heteroatoms. The normalized spacial score (nSPS) is 10.5. The van der Waals surface area contributed by atoms with E-state index in [1.807, 2.05) is 48.5 Å². The fourth-order valence-electron chi connectivity index (χ4n) is 2.72. The highest BCUT2D eigenvalue weighted by Crippen LogP contribution is 2.27. The van der Waals surface area contributed by atoms with E-state index in [2.05, 4.69) is 0 Å². The summed E-state index contributed by atoms with van der Waals surface area (Å²) in [4.78, 5) is 24.0. The van der Waals surface area contributed by atoms with Crippen LogP contribution in [-0.4, -0.2) is 15.6 Å². The van der Waals surface area contributed by atoms with E-state index in [0.717, 1.165) is 5.56 Å². The van der Waals surface area contributed by atoms with Crippen LogP contribution in [0.15, 0.2) is 71.5 Å². The Labute approximate surface area is 133 Å². The van der Waals surface area contributed by atoms with Crippen LogP contribution in [0.2, 0.25) is 0 Å². The quantitative estimate of drug-likeness (QED) is 0.806. The zero-order chi connectivity index (χ0) is 16.4. The monoisotopic (exact) mass is 305 g/mol. The molecule has 0 fully saturated rings. The van der Waals surface area contributed by atoms with Crippen molar-refractivity contribution >= 4 is 5.97 Å². The molecule has 0 bridgehead atoms. The number of nitrogens with zero attached hydrogens (tertiary/aromatic N) is 1. The van der Waals surface area contributed by atoms with Gasteiger partial charge in [0, 0.05) is 13.1 Å². The summed E-state index contributed by atoms with van der Waals surface area (Å²) in [6.07, 6.45) is 0. The zero-order valence-corrected chi connectivity index (χ0v) is 12.6. The molecule has 1 heterocycles. The van der Waals surface area contributed by atoms with Gasteiger partial charge in [-0.15, -0.1) is 0 Å². The van der Waals surface area contributed by atoms with Crippen molar-refractivity contribution in [1.82, 2.24) is 4.57 Å². The molecule has 0 aliphatic heterocycles. The zero-order valence-electron chi connectivity index (χ0n) is 12.6. The van der Waals surface area contributed by atoms with E-state index < -0.39 is 11.4 Å². The summed E-state index contributed by atoms with van der Waals surface area (Å²) in [7, 11) is 1.77. The van der Waals surface area contributed by atoms with Gasteiger partial charge >= 0.3 is 5.97 Å². The predicted octanol–water partition coefficient (Wildman–Crippen LogP) is 3.42. The third kappa shape index (κ3) is 2.66. The summed E-state index contributed by atoms with van der Waals surface area (Å²) in [6.45, 7) is 0. The molecule has 1 aromatic heterocycles. The van der Waals surface area contributed by atoms with Crippen molar-refractivity contribution in [2.45, 2.75) is 0 Å². The number of hydrogen-bond donors (Lipinski definition) is 1. The highest BCUT2D eigenvalue weighted by atomic mass is 16.4. The molecule has 3 rings (SSSR count). The lowest BCUT2D eigenvalue weighted by Crippen LogP contribution is -2.21. The van der Waals surface area contributed by atoms with Crippen molar-refractivity contribution in [2.24, 2.45) is 7.05 Å². The second kappa shape index (κ2) is 5.93. The Balaban J connectivity index is 2.38. The highest BCUT2D eigenvalue weighted by Gasteiger charge is 2.20. The Bertz CT molecular complexity index is 913. The second-order valence-electron chi connectivity index (χ2n) is 5.21. The molecule has 114 valence electrons. The fraction of sp³-hybridized carbons (Fsp3) is 0.0526. The average Bonchev–Trinajstić information content (AvgIpc) is 2.57. The second-order valence-corrected chi connectivity index (χ2v) is 5.21. The number of carboxylic acids is 1. The van der Waals surface area contributed by atoms with Crippen LogP contribution in [0.1, 0.15) is 10.4 Å². The van der Waals surface area contributed by atoms with Gasteiger partial charge in [0.2, 0.25) is 0 Å². The Morgan fingerprint density at radius 2 is 1.43 bits per heavy atom. The molecular formula is C19H15NO3. The van der Waals surface area contributed by atoms with Gasteiger partial charge in [0.1, 0.15) is 5.56 Å². The molecule has 0 aliphatic carbocycles. The molecule has 0 spiro atoms. The topological polar surface area (TPSA) is 59.3 Å². The van der Waals surface area contributed by atoms with Crippen LogP contribution in [0.5, 0.6) is 0 Å². The van der Waals surface area contributed by atoms with Crippen molar-refractivity contribution in [1.29, 1.82) is 0 Å². The standard InChI is InChI=1S/C19H15NO3/c1-20-15(13-8-4-2-5-9-13)12-16(21)17(19(22)23)18(20)14-10-6-3-7-11-14/h2-12H,1H3,(H,22,23). The fourth-order valence-corrected chi connectivity index (χ4v) is 2.72. The molecular weight excluding hydrogens is 290 g/mol. The molecule has 3 aromatic rings. The van der Waals surface area contributed by atoms with Crippen LogP contribution in [0.25, 0.3) is 22.5 Å². The summed E-state index contributed by atoms with van der Waals surface area (Å²) in [5.41, 5.74) is 1.94. The Kier molecular flexibility index (Phi) is 3.81. The highest BCUT2D eigenvalue weighted by molar-refractivity contribution is 5.95. The van der Waals surface area contributed by atoms with Gasteiger partial charge in [0.15, 0.2) is 5.43 Å². The summed E-state index contributed by atoms with van der Waals surface area (Å²) in [5.74, 6) is -1.22. The minimum absolute atomic E-state index is 0.210. The molecule has 0 unspecified atom stereocenters. The number of pyridine rings is 1. The Morgan fingerprint density at radius 1 is 0.913 bits per heavy atom. The van der Waals surface area contributed by atoms with E-state index in [0.29, 0.717) is 17.0 Å². The Morgan fingerprint density at radius 3 is 1.96 bits per heavy atom. The van der Waals surface area contributed by atoms with Crippen molar-refractivity contribution in [3.8, 4) is 22.5 Å². The average molecular weight is 305 g/mol. The van der Waals surface area contributed by atoms with E-state index in [-0.39, 0.29) is 5.56 Å². The minimum Gasteiger partial charge on any atom is -0.477 e. The van der Waals surface area contributed by atoms with Crippen LogP contribution in [0.4, 0.5) is 0 Å². The number of carbonyl (C=O) groups is 1. The Hall–Kier alpha value is -3.14. The van der Waals surface area contributed by atoms with Crippen LogP contribution < -0.4 is 5.43 Å². The number of carboxylic acid groups (broad SMARTS) is 1. The van der Waals surface area contributed by atoms with E-state index in [4.69, 9.17) is 0 Å². The van der Waals surface area contributed by atoms with Gasteiger partial charge in [-0.3, -0.25) is 4.79 Å². The number of rotatable bonds is 3. The molecule has 0 atom stereocenters. The van der Waals surface area contributed by atoms with Crippen LogP contribution >= 0.6 is 0 Å². The first kappa shape index (κ1) is 14.8. The first-order chi connectivity index (χ1) is 11.1. The van der Waals surface area contributed by atoms with E-state index in [1.165, 1.54) is 6.07 Å². The third-order valence-corrected chi connectivity index (χ3v) is 3.78. The van der Waals surface area contributed by atoms with Crippen molar-refractivity contribution in [2.75, 3.05) is 0 Å². The molecule has 0 aliphatic rings. The van der Waals surface area contributed by atoms with Gasteiger partial charge < -0.3 is 9.67 Å². The lowest BCUT2D eigenvalue weighted by molar-refractivity contribution is 0.0695. The maximum Gasteiger partial charge on any atom is 0.341 e. The molecule has 0 radical (unpaired) electrons. The minimum atomic E-state index is -1.22. The van der Waals surface area contributed by atoms with Gasteiger partial charge in [-0.05, 0) is 11.1 Å². The van der Waals surface area contributed by atoms with E-state index in [9.17, 15) is 14.7 Å². The van der Waals surface area contributed by atoms with Crippen molar-refractivity contribution in [3.63, 3.8) is 0 Å². The molecule has 0 amide bonds. The van der Waals surface area contributed by atoms with Gasteiger partial charge in [-0.1, -0.05) is 60.7 Å². The molecule has 0 saturated carbocycles. The lowest BCUT2D eigenvalue weighted by Gasteiger charge is -2.17. The number of aromatic nitrogens is 1. The maximum absolute atomic E-state index is 12.4. The van der Waals surface area contributed by atoms with E-state index >= 15 is 0 Å².